The molecule has 0 aromatic carbocycles. The van der Waals surface area contributed by atoms with Crippen molar-refractivity contribution in [1.82, 2.24) is 0 Å². The van der Waals surface area contributed by atoms with Crippen LogP contribution in [0.4, 0.5) is 0 Å². The first-order valence-electron chi connectivity index (χ1n) is 11.7. The van der Waals surface area contributed by atoms with E-state index in [2.05, 4.69) is 46.6 Å². The molecule has 0 spiro atoms. The minimum atomic E-state index is 0.607. The van der Waals surface area contributed by atoms with Crippen molar-refractivity contribution in [2.24, 2.45) is 23.7 Å². The molecule has 0 radical (unpaired) electrons. The van der Waals surface area contributed by atoms with E-state index in [1.54, 1.807) is 0 Å². The van der Waals surface area contributed by atoms with Crippen LogP contribution in [0, 0.1) is 36.0 Å². The van der Waals surface area contributed by atoms with Gasteiger partial charge in [0.05, 0.1) is 6.61 Å². The molecule has 28 heavy (non-hydrogen) atoms. The zero-order valence-corrected chi connectivity index (χ0v) is 19.2. The van der Waals surface area contributed by atoms with Crippen molar-refractivity contribution in [3.8, 4) is 12.3 Å². The maximum absolute atomic E-state index is 6.49. The first-order valence-corrected chi connectivity index (χ1v) is 12.3. The van der Waals surface area contributed by atoms with Crippen LogP contribution in [0.15, 0.2) is 23.5 Å². The first kappa shape index (κ1) is 23.3. The van der Waals surface area contributed by atoms with Crippen LogP contribution in [0.1, 0.15) is 90.9 Å². The van der Waals surface area contributed by atoms with E-state index in [1.807, 2.05) is 0 Å². The highest BCUT2D eigenvalue weighted by Crippen LogP contribution is 2.53. The molecule has 0 aromatic heterocycles. The molecular formula is C26H41OP. The maximum atomic E-state index is 6.49. The second-order valence-corrected chi connectivity index (χ2v) is 9.17. The molecule has 1 nitrogen and oxygen atoms in total. The fourth-order valence-electron chi connectivity index (χ4n) is 4.66. The quantitative estimate of drug-likeness (QED) is 0.156. The van der Waals surface area contributed by atoms with Gasteiger partial charge in [0, 0.05) is 12.3 Å². The van der Waals surface area contributed by atoms with Crippen LogP contribution < -0.4 is 0 Å². The molecule has 2 rings (SSSR count). The number of allylic oxidation sites excluding steroid dienone is 4. The third kappa shape index (κ3) is 7.44. The fraction of sp³-hybridized carbons (Fsp3) is 0.731. The highest BCUT2D eigenvalue weighted by Gasteiger charge is 2.45. The Labute approximate surface area is 176 Å². The average molecular weight is 401 g/mol. The number of unbranched alkanes of at least 4 members (excludes halogenated alkanes) is 5. The molecule has 0 amide bonds. The highest BCUT2D eigenvalue weighted by molar-refractivity contribution is 7.18. The van der Waals surface area contributed by atoms with Crippen LogP contribution in [-0.4, -0.2) is 12.4 Å². The third-order valence-corrected chi connectivity index (χ3v) is 6.76. The standard InChI is InChI=1S/C26H41OP/c1-4-6-8-10-15-22-20-25(22)24-17-13-16-23(21(3)14-9-7-5-2)26(24)27-18-11-12-19-28/h1,13,16,19,21-22,24-25,28H,5-12,14-15,17-18,20H2,2-3H3. The second-order valence-electron chi connectivity index (χ2n) is 8.77. The van der Waals surface area contributed by atoms with Gasteiger partial charge in [0.15, 0.2) is 0 Å². The number of rotatable bonds is 15. The Kier molecular flexibility index (Phi) is 11.0. The molecule has 0 aliphatic heterocycles. The predicted molar refractivity (Wildman–Crippen MR) is 126 cm³/mol. The van der Waals surface area contributed by atoms with E-state index >= 15 is 0 Å². The summed E-state index contributed by atoms with van der Waals surface area (Å²) in [5.74, 6) is 9.10. The summed E-state index contributed by atoms with van der Waals surface area (Å²) in [6, 6.07) is 0. The lowest BCUT2D eigenvalue weighted by atomic mass is 9.82. The summed E-state index contributed by atoms with van der Waals surface area (Å²) in [7, 11) is 3.47. The molecule has 2 aliphatic carbocycles. The van der Waals surface area contributed by atoms with Crippen molar-refractivity contribution in [3.05, 3.63) is 23.5 Å². The monoisotopic (exact) mass is 400 g/mol. The number of hydrogen-bond donors (Lipinski definition) is 0. The van der Waals surface area contributed by atoms with E-state index in [-0.39, 0.29) is 0 Å². The van der Waals surface area contributed by atoms with Crippen LogP contribution in [-0.2, 0) is 4.74 Å². The van der Waals surface area contributed by atoms with E-state index in [0.29, 0.717) is 11.8 Å². The largest absolute Gasteiger partial charge is 0.497 e. The zero-order chi connectivity index (χ0) is 20.2. The van der Waals surface area contributed by atoms with Gasteiger partial charge in [-0.25, -0.2) is 0 Å². The summed E-state index contributed by atoms with van der Waals surface area (Å²) < 4.78 is 6.49. The van der Waals surface area contributed by atoms with Gasteiger partial charge in [-0.3, -0.25) is 0 Å². The minimum Gasteiger partial charge on any atom is -0.497 e. The lowest BCUT2D eigenvalue weighted by Crippen LogP contribution is -2.19. The molecule has 4 unspecified atom stereocenters. The Morgan fingerprint density at radius 2 is 2.14 bits per heavy atom. The third-order valence-electron chi connectivity index (χ3n) is 6.47. The summed E-state index contributed by atoms with van der Waals surface area (Å²) in [5.41, 5.74) is 1.49. The average Bonchev–Trinajstić information content (AvgIpc) is 3.48. The Hall–Kier alpha value is -0.990. The molecule has 2 aliphatic rings. The molecule has 0 aromatic rings. The molecule has 0 saturated heterocycles. The molecule has 1 saturated carbocycles. The van der Waals surface area contributed by atoms with Crippen molar-refractivity contribution in [1.29, 1.82) is 0 Å². The molecule has 156 valence electrons. The summed E-state index contributed by atoms with van der Waals surface area (Å²) in [4.78, 5) is 0. The van der Waals surface area contributed by atoms with E-state index in [1.165, 1.54) is 62.7 Å². The van der Waals surface area contributed by atoms with E-state index in [9.17, 15) is 0 Å². The molecule has 4 atom stereocenters. The van der Waals surface area contributed by atoms with Crippen LogP contribution in [0.3, 0.4) is 0 Å². The highest BCUT2D eigenvalue weighted by atomic mass is 31.0. The molecule has 2 heteroatoms. The smallest absolute Gasteiger partial charge is 0.103 e. The van der Waals surface area contributed by atoms with Crippen molar-refractivity contribution < 1.29 is 4.74 Å². The first-order chi connectivity index (χ1) is 13.7. The normalized spacial score (nSPS) is 24.7. The van der Waals surface area contributed by atoms with E-state index < -0.39 is 0 Å². The Morgan fingerprint density at radius 1 is 1.29 bits per heavy atom. The maximum Gasteiger partial charge on any atom is 0.103 e. The van der Waals surface area contributed by atoms with Gasteiger partial charge in [-0.1, -0.05) is 63.9 Å². The molecule has 0 heterocycles. The van der Waals surface area contributed by atoms with Crippen molar-refractivity contribution in [3.63, 3.8) is 0 Å². The fourth-order valence-corrected chi connectivity index (χ4v) is 4.87. The lowest BCUT2D eigenvalue weighted by molar-refractivity contribution is 0.158. The molecule has 1 fully saturated rings. The van der Waals surface area contributed by atoms with Gasteiger partial charge in [0.2, 0.25) is 0 Å². The minimum absolute atomic E-state index is 0.607. The lowest BCUT2D eigenvalue weighted by Gasteiger charge is -2.29. The van der Waals surface area contributed by atoms with Gasteiger partial charge >= 0.3 is 0 Å². The van der Waals surface area contributed by atoms with Crippen molar-refractivity contribution in [2.75, 3.05) is 6.61 Å². The van der Waals surface area contributed by atoms with Crippen molar-refractivity contribution >= 4 is 14.7 Å². The van der Waals surface area contributed by atoms with Crippen LogP contribution >= 0.6 is 8.86 Å². The van der Waals surface area contributed by atoms with Crippen LogP contribution in [0.25, 0.3) is 0 Å². The van der Waals surface area contributed by atoms with Crippen molar-refractivity contribution in [2.45, 2.75) is 90.9 Å². The number of ether oxygens (including phenoxy) is 1. The second kappa shape index (κ2) is 13.3. The zero-order valence-electron chi connectivity index (χ0n) is 18.2. The van der Waals surface area contributed by atoms with Crippen LogP contribution in [0.2, 0.25) is 0 Å². The summed E-state index contributed by atoms with van der Waals surface area (Å²) in [6.07, 6.45) is 24.9. The number of terminal acetylenes is 1. The van der Waals surface area contributed by atoms with Gasteiger partial charge in [-0.05, 0) is 61.9 Å². The SMILES string of the molecule is C#CCCCCC1CC1C1CC=CC(C(C)CCCCC)=C1OCCCC=P. The molecular weight excluding hydrogens is 359 g/mol. The van der Waals surface area contributed by atoms with E-state index in [0.717, 1.165) is 44.1 Å². The van der Waals surface area contributed by atoms with E-state index in [4.69, 9.17) is 11.2 Å². The molecule has 0 bridgehead atoms. The summed E-state index contributed by atoms with van der Waals surface area (Å²) in [5, 5.41) is 0. The van der Waals surface area contributed by atoms with Gasteiger partial charge in [0.1, 0.15) is 5.76 Å². The number of hydrogen-bond acceptors (Lipinski definition) is 1. The Bertz CT molecular complexity index is 567. The van der Waals surface area contributed by atoms with Gasteiger partial charge in [0.25, 0.3) is 0 Å². The van der Waals surface area contributed by atoms with Crippen LogP contribution in [0.5, 0.6) is 0 Å². The predicted octanol–water partition coefficient (Wildman–Crippen LogP) is 7.60. The van der Waals surface area contributed by atoms with Gasteiger partial charge < -0.3 is 4.74 Å². The Morgan fingerprint density at radius 3 is 2.89 bits per heavy atom. The van der Waals surface area contributed by atoms with Gasteiger partial charge in [-0.15, -0.1) is 21.2 Å². The summed E-state index contributed by atoms with van der Waals surface area (Å²) >= 11 is 0. The molecule has 0 N–H and O–H groups in total. The van der Waals surface area contributed by atoms with Gasteiger partial charge in [-0.2, -0.15) is 0 Å². The topological polar surface area (TPSA) is 9.23 Å². The summed E-state index contributed by atoms with van der Waals surface area (Å²) in [6.45, 7) is 5.52. The Balaban J connectivity index is 2.00.